The zero-order chi connectivity index (χ0) is 19.7. The van der Waals surface area contributed by atoms with Crippen molar-refractivity contribution in [1.29, 1.82) is 0 Å². The highest BCUT2D eigenvalue weighted by Gasteiger charge is 2.24. The van der Waals surface area contributed by atoms with Crippen LogP contribution in [0.2, 0.25) is 5.02 Å². The summed E-state index contributed by atoms with van der Waals surface area (Å²) in [7, 11) is 0. The van der Waals surface area contributed by atoms with Gasteiger partial charge in [0.05, 0.1) is 10.5 Å². The fourth-order valence-corrected chi connectivity index (χ4v) is 3.92. The molecule has 1 aromatic carbocycles. The van der Waals surface area contributed by atoms with Gasteiger partial charge in [-0.2, -0.15) is 5.10 Å². The SMILES string of the molecule is CC(C)N1CCC(NC(=O)c2n[nH]c3ccc(-c4cncc(Cl)c4)cc23)CC1. The number of halogens is 1. The maximum atomic E-state index is 12.9. The molecule has 0 unspecified atom stereocenters. The first-order valence-corrected chi connectivity index (χ1v) is 10.0. The molecule has 3 aromatic rings. The summed E-state index contributed by atoms with van der Waals surface area (Å²) in [6.45, 7) is 6.44. The molecule has 7 heteroatoms. The third kappa shape index (κ3) is 3.88. The summed E-state index contributed by atoms with van der Waals surface area (Å²) in [4.78, 5) is 19.4. The molecule has 0 bridgehead atoms. The number of benzene rings is 1. The number of nitrogens with one attached hydrogen (secondary N) is 2. The van der Waals surface area contributed by atoms with Crippen LogP contribution in [0.4, 0.5) is 0 Å². The maximum absolute atomic E-state index is 12.9. The predicted molar refractivity (Wildman–Crippen MR) is 112 cm³/mol. The van der Waals surface area contributed by atoms with E-state index in [4.69, 9.17) is 11.6 Å². The molecular formula is C21H24ClN5O. The number of aromatic nitrogens is 3. The lowest BCUT2D eigenvalue weighted by atomic mass is 10.0. The lowest BCUT2D eigenvalue weighted by molar-refractivity contribution is 0.0897. The molecule has 1 fully saturated rings. The molecule has 1 aliphatic heterocycles. The van der Waals surface area contributed by atoms with Gasteiger partial charge in [0.15, 0.2) is 5.69 Å². The minimum atomic E-state index is -0.129. The van der Waals surface area contributed by atoms with Crippen LogP contribution < -0.4 is 5.32 Å². The van der Waals surface area contributed by atoms with Crippen molar-refractivity contribution < 1.29 is 4.79 Å². The first-order chi connectivity index (χ1) is 13.5. The highest BCUT2D eigenvalue weighted by molar-refractivity contribution is 6.30. The summed E-state index contributed by atoms with van der Waals surface area (Å²) in [6.07, 6.45) is 5.29. The van der Waals surface area contributed by atoms with Crippen molar-refractivity contribution in [3.8, 4) is 11.1 Å². The van der Waals surface area contributed by atoms with Gasteiger partial charge < -0.3 is 10.2 Å². The molecule has 0 aliphatic carbocycles. The van der Waals surface area contributed by atoms with Gasteiger partial charge in [0.2, 0.25) is 0 Å². The molecule has 1 amide bonds. The molecule has 2 N–H and O–H groups in total. The quantitative estimate of drug-likeness (QED) is 0.700. The number of hydrogen-bond donors (Lipinski definition) is 2. The average molecular weight is 398 g/mol. The Hall–Kier alpha value is -2.44. The van der Waals surface area contributed by atoms with E-state index in [1.807, 2.05) is 24.3 Å². The van der Waals surface area contributed by atoms with Crippen molar-refractivity contribution >= 4 is 28.4 Å². The molecule has 4 rings (SSSR count). The molecule has 1 aliphatic rings. The third-order valence-electron chi connectivity index (χ3n) is 5.41. The van der Waals surface area contributed by atoms with Gasteiger partial charge in [-0.1, -0.05) is 17.7 Å². The van der Waals surface area contributed by atoms with Crippen molar-refractivity contribution in [3.05, 3.63) is 47.4 Å². The van der Waals surface area contributed by atoms with Crippen molar-refractivity contribution in [2.75, 3.05) is 13.1 Å². The highest BCUT2D eigenvalue weighted by Crippen LogP contribution is 2.26. The van der Waals surface area contributed by atoms with Gasteiger partial charge in [0.25, 0.3) is 5.91 Å². The number of pyridine rings is 1. The minimum absolute atomic E-state index is 0.129. The number of hydrogen-bond acceptors (Lipinski definition) is 4. The zero-order valence-electron chi connectivity index (χ0n) is 16.1. The topological polar surface area (TPSA) is 73.9 Å². The van der Waals surface area contributed by atoms with Crippen LogP contribution in [-0.4, -0.2) is 51.2 Å². The Kier molecular flexibility index (Phi) is 5.33. The number of rotatable bonds is 4. The molecule has 0 radical (unpaired) electrons. The molecule has 0 spiro atoms. The normalized spacial score (nSPS) is 16.0. The van der Waals surface area contributed by atoms with E-state index >= 15 is 0 Å². The second kappa shape index (κ2) is 7.89. The first-order valence-electron chi connectivity index (χ1n) is 9.65. The molecular weight excluding hydrogens is 374 g/mol. The fraction of sp³-hybridized carbons (Fsp3) is 0.381. The Morgan fingerprint density at radius 1 is 1.21 bits per heavy atom. The standard InChI is InChI=1S/C21H24ClN5O/c1-13(2)27-7-5-17(6-8-27)24-21(28)20-18-10-14(3-4-19(18)25-26-20)15-9-16(22)12-23-11-15/h3-4,9-13,17H,5-8H2,1-2H3,(H,24,28)(H,25,26). The molecule has 146 valence electrons. The smallest absolute Gasteiger partial charge is 0.272 e. The largest absolute Gasteiger partial charge is 0.348 e. The van der Waals surface area contributed by atoms with Crippen molar-refractivity contribution in [2.24, 2.45) is 0 Å². The van der Waals surface area contributed by atoms with Crippen molar-refractivity contribution in [2.45, 2.75) is 38.8 Å². The maximum Gasteiger partial charge on any atom is 0.272 e. The van der Waals surface area contributed by atoms with Gasteiger partial charge in [-0.25, -0.2) is 0 Å². The van der Waals surface area contributed by atoms with E-state index in [9.17, 15) is 4.79 Å². The number of H-pyrrole nitrogens is 1. The second-order valence-corrected chi connectivity index (χ2v) is 8.04. The summed E-state index contributed by atoms with van der Waals surface area (Å²) in [6, 6.07) is 8.45. The van der Waals surface area contributed by atoms with Crippen LogP contribution in [0.5, 0.6) is 0 Å². The number of nitrogens with zero attached hydrogens (tertiary/aromatic N) is 3. The number of piperidine rings is 1. The molecule has 28 heavy (non-hydrogen) atoms. The number of aromatic amines is 1. The lowest BCUT2D eigenvalue weighted by Crippen LogP contribution is -2.46. The fourth-order valence-electron chi connectivity index (χ4n) is 3.75. The van der Waals surface area contributed by atoms with Gasteiger partial charge in [0.1, 0.15) is 0 Å². The molecule has 2 aromatic heterocycles. The first kappa shape index (κ1) is 18.9. The number of carbonyl (C=O) groups is 1. The van der Waals surface area contributed by atoms with Gasteiger partial charge in [-0.15, -0.1) is 0 Å². The van der Waals surface area contributed by atoms with E-state index in [1.165, 1.54) is 0 Å². The van der Waals surface area contributed by atoms with Crippen LogP contribution in [0.15, 0.2) is 36.7 Å². The summed E-state index contributed by atoms with van der Waals surface area (Å²) in [5, 5.41) is 11.8. The number of amides is 1. The van der Waals surface area contributed by atoms with Crippen LogP contribution >= 0.6 is 11.6 Å². The number of likely N-dealkylation sites (tertiary alicyclic amines) is 1. The zero-order valence-corrected chi connectivity index (χ0v) is 16.8. The van der Waals surface area contributed by atoms with Crippen LogP contribution in [-0.2, 0) is 0 Å². The van der Waals surface area contributed by atoms with E-state index in [-0.39, 0.29) is 11.9 Å². The summed E-state index contributed by atoms with van der Waals surface area (Å²) >= 11 is 6.06. The predicted octanol–water partition coefficient (Wildman–Crippen LogP) is 3.88. The summed E-state index contributed by atoms with van der Waals surface area (Å²) in [5.74, 6) is -0.129. The lowest BCUT2D eigenvalue weighted by Gasteiger charge is -2.34. The van der Waals surface area contributed by atoms with Crippen LogP contribution in [0, 0.1) is 0 Å². The highest BCUT2D eigenvalue weighted by atomic mass is 35.5. The van der Waals surface area contributed by atoms with Crippen LogP contribution in [0.3, 0.4) is 0 Å². The molecule has 0 atom stereocenters. The van der Waals surface area contributed by atoms with E-state index in [0.29, 0.717) is 16.8 Å². The number of carbonyl (C=O) groups excluding carboxylic acids is 1. The van der Waals surface area contributed by atoms with Crippen molar-refractivity contribution in [1.82, 2.24) is 25.4 Å². The van der Waals surface area contributed by atoms with E-state index in [0.717, 1.165) is 48.0 Å². The van der Waals surface area contributed by atoms with Gasteiger partial charge in [-0.05, 0) is 50.5 Å². The Bertz CT molecular complexity index is 991. The van der Waals surface area contributed by atoms with Crippen molar-refractivity contribution in [3.63, 3.8) is 0 Å². The summed E-state index contributed by atoms with van der Waals surface area (Å²) in [5.41, 5.74) is 3.11. The average Bonchev–Trinajstić information content (AvgIpc) is 3.11. The molecule has 3 heterocycles. The second-order valence-electron chi connectivity index (χ2n) is 7.60. The van der Waals surface area contributed by atoms with Gasteiger partial charge >= 0.3 is 0 Å². The molecule has 6 nitrogen and oxygen atoms in total. The van der Waals surface area contributed by atoms with Gasteiger partial charge in [0, 0.05) is 48.5 Å². The van der Waals surface area contributed by atoms with Crippen LogP contribution in [0.1, 0.15) is 37.2 Å². The molecule has 0 saturated carbocycles. The van der Waals surface area contributed by atoms with Gasteiger partial charge in [-0.3, -0.25) is 14.9 Å². The van der Waals surface area contributed by atoms with E-state index in [2.05, 4.69) is 39.2 Å². The van der Waals surface area contributed by atoms with Crippen LogP contribution in [0.25, 0.3) is 22.0 Å². The number of fused-ring (bicyclic) bond motifs is 1. The Morgan fingerprint density at radius 2 is 2.00 bits per heavy atom. The Labute approximate surface area is 169 Å². The molecule has 1 saturated heterocycles. The van der Waals surface area contributed by atoms with E-state index < -0.39 is 0 Å². The third-order valence-corrected chi connectivity index (χ3v) is 5.62. The Balaban J connectivity index is 1.54. The Morgan fingerprint density at radius 3 is 2.71 bits per heavy atom. The monoisotopic (exact) mass is 397 g/mol. The summed E-state index contributed by atoms with van der Waals surface area (Å²) < 4.78 is 0. The van der Waals surface area contributed by atoms with E-state index in [1.54, 1.807) is 12.4 Å². The minimum Gasteiger partial charge on any atom is -0.348 e.